The molecule has 94 valence electrons. The molecule has 0 radical (unpaired) electrons. The van der Waals surface area contributed by atoms with Crippen LogP contribution in [0.3, 0.4) is 0 Å². The molecule has 0 amide bonds. The second-order valence-corrected chi connectivity index (χ2v) is 4.51. The Hall–Kier alpha value is -1.19. The van der Waals surface area contributed by atoms with Gasteiger partial charge in [-0.05, 0) is 18.8 Å². The number of hydrogen-bond donors (Lipinski definition) is 0. The second kappa shape index (κ2) is 5.43. The van der Waals surface area contributed by atoms with Crippen molar-refractivity contribution in [3.63, 3.8) is 0 Å². The quantitative estimate of drug-likeness (QED) is 0.728. The van der Waals surface area contributed by atoms with Gasteiger partial charge in [-0.15, -0.1) is 0 Å². The lowest BCUT2D eigenvalue weighted by Crippen LogP contribution is -2.16. The molecule has 0 unspecified atom stereocenters. The van der Waals surface area contributed by atoms with E-state index >= 15 is 0 Å². The van der Waals surface area contributed by atoms with Crippen molar-refractivity contribution in [3.05, 3.63) is 29.6 Å². The third kappa shape index (κ3) is 3.14. The summed E-state index contributed by atoms with van der Waals surface area (Å²) in [6, 6.07) is 1.41. The first kappa shape index (κ1) is 12.3. The van der Waals surface area contributed by atoms with Crippen LogP contribution in [0, 0.1) is 23.4 Å². The number of halogens is 3. The predicted octanol–water partition coefficient (Wildman–Crippen LogP) is 4.06. The average molecular weight is 244 g/mol. The average Bonchev–Trinajstić information content (AvgIpc) is 2.33. The molecule has 0 saturated heterocycles. The highest BCUT2D eigenvalue weighted by molar-refractivity contribution is 5.26. The molecule has 0 atom stereocenters. The molecule has 1 aliphatic rings. The molecule has 0 aromatic heterocycles. The van der Waals surface area contributed by atoms with Gasteiger partial charge < -0.3 is 4.74 Å². The minimum atomic E-state index is -1.20. The number of rotatable bonds is 3. The van der Waals surface area contributed by atoms with Crippen molar-refractivity contribution in [2.75, 3.05) is 6.61 Å². The van der Waals surface area contributed by atoms with E-state index in [0.717, 1.165) is 31.7 Å². The highest BCUT2D eigenvalue weighted by atomic mass is 19.2. The first-order valence-electron chi connectivity index (χ1n) is 5.94. The molecule has 1 aliphatic carbocycles. The first-order valence-corrected chi connectivity index (χ1v) is 5.94. The Morgan fingerprint density at radius 3 is 2.47 bits per heavy atom. The summed E-state index contributed by atoms with van der Waals surface area (Å²) >= 11 is 0. The highest BCUT2D eigenvalue weighted by Gasteiger charge is 2.17. The Balaban J connectivity index is 1.98. The van der Waals surface area contributed by atoms with E-state index in [1.807, 2.05) is 0 Å². The third-order valence-electron chi connectivity index (χ3n) is 3.16. The van der Waals surface area contributed by atoms with E-state index in [0.29, 0.717) is 18.6 Å². The van der Waals surface area contributed by atoms with Crippen molar-refractivity contribution in [1.29, 1.82) is 0 Å². The molecule has 0 bridgehead atoms. The van der Waals surface area contributed by atoms with Gasteiger partial charge in [0.2, 0.25) is 5.82 Å². The van der Waals surface area contributed by atoms with Gasteiger partial charge in [-0.25, -0.2) is 8.78 Å². The van der Waals surface area contributed by atoms with Crippen molar-refractivity contribution >= 4 is 0 Å². The van der Waals surface area contributed by atoms with Crippen LogP contribution in [-0.4, -0.2) is 6.61 Å². The van der Waals surface area contributed by atoms with Crippen molar-refractivity contribution in [2.24, 2.45) is 5.92 Å². The molecular formula is C13H15F3O. The maximum Gasteiger partial charge on any atom is 0.200 e. The molecule has 2 rings (SSSR count). The summed E-state index contributed by atoms with van der Waals surface area (Å²) in [7, 11) is 0. The lowest BCUT2D eigenvalue weighted by atomic mass is 9.90. The van der Waals surface area contributed by atoms with E-state index in [1.165, 1.54) is 6.42 Å². The SMILES string of the molecule is Fc1cc(F)c(F)c(OCC2CCCCC2)c1. The molecule has 1 fully saturated rings. The molecular weight excluding hydrogens is 229 g/mol. The fourth-order valence-electron chi connectivity index (χ4n) is 2.20. The molecule has 1 aromatic rings. The lowest BCUT2D eigenvalue weighted by molar-refractivity contribution is 0.200. The fourth-order valence-corrected chi connectivity index (χ4v) is 2.20. The molecule has 1 aromatic carbocycles. The largest absolute Gasteiger partial charge is 0.490 e. The third-order valence-corrected chi connectivity index (χ3v) is 3.16. The van der Waals surface area contributed by atoms with Gasteiger partial charge in [0, 0.05) is 12.1 Å². The highest BCUT2D eigenvalue weighted by Crippen LogP contribution is 2.26. The summed E-state index contributed by atoms with van der Waals surface area (Å²) in [5, 5.41) is 0. The van der Waals surface area contributed by atoms with Crippen LogP contribution in [-0.2, 0) is 0 Å². The van der Waals surface area contributed by atoms with Gasteiger partial charge in [0.05, 0.1) is 6.61 Å². The monoisotopic (exact) mass is 244 g/mol. The summed E-state index contributed by atoms with van der Waals surface area (Å²) in [5.74, 6) is -3.09. The summed E-state index contributed by atoms with van der Waals surface area (Å²) in [6.07, 6.45) is 5.60. The van der Waals surface area contributed by atoms with Crippen LogP contribution >= 0.6 is 0 Å². The van der Waals surface area contributed by atoms with E-state index in [-0.39, 0.29) is 5.75 Å². The van der Waals surface area contributed by atoms with Crippen LogP contribution < -0.4 is 4.74 Å². The number of benzene rings is 1. The van der Waals surface area contributed by atoms with Crippen molar-refractivity contribution in [2.45, 2.75) is 32.1 Å². The molecule has 17 heavy (non-hydrogen) atoms. The van der Waals surface area contributed by atoms with Gasteiger partial charge in [-0.2, -0.15) is 4.39 Å². The van der Waals surface area contributed by atoms with Crippen LogP contribution in [0.15, 0.2) is 12.1 Å². The van der Waals surface area contributed by atoms with Crippen molar-refractivity contribution in [1.82, 2.24) is 0 Å². The molecule has 0 spiro atoms. The maximum absolute atomic E-state index is 13.3. The Morgan fingerprint density at radius 2 is 1.76 bits per heavy atom. The van der Waals surface area contributed by atoms with Gasteiger partial charge >= 0.3 is 0 Å². The number of ether oxygens (including phenoxy) is 1. The van der Waals surface area contributed by atoms with Gasteiger partial charge in [-0.3, -0.25) is 0 Å². The van der Waals surface area contributed by atoms with E-state index in [9.17, 15) is 13.2 Å². The first-order chi connectivity index (χ1) is 8.16. The molecule has 0 heterocycles. The number of hydrogen-bond acceptors (Lipinski definition) is 1. The lowest BCUT2D eigenvalue weighted by Gasteiger charge is -2.21. The Bertz CT molecular complexity index is 386. The predicted molar refractivity (Wildman–Crippen MR) is 58.4 cm³/mol. The molecule has 1 nitrogen and oxygen atoms in total. The topological polar surface area (TPSA) is 9.23 Å². The van der Waals surface area contributed by atoms with Gasteiger partial charge in [0.1, 0.15) is 5.82 Å². The van der Waals surface area contributed by atoms with Gasteiger partial charge in [-0.1, -0.05) is 19.3 Å². The zero-order chi connectivity index (χ0) is 12.3. The van der Waals surface area contributed by atoms with Crippen molar-refractivity contribution < 1.29 is 17.9 Å². The van der Waals surface area contributed by atoms with Gasteiger partial charge in [0.25, 0.3) is 0 Å². The fraction of sp³-hybridized carbons (Fsp3) is 0.538. The van der Waals surface area contributed by atoms with E-state index in [2.05, 4.69) is 0 Å². The van der Waals surface area contributed by atoms with E-state index < -0.39 is 17.5 Å². The smallest absolute Gasteiger partial charge is 0.200 e. The summed E-state index contributed by atoms with van der Waals surface area (Å²) in [6.45, 7) is 0.333. The second-order valence-electron chi connectivity index (χ2n) is 4.51. The van der Waals surface area contributed by atoms with Crippen molar-refractivity contribution in [3.8, 4) is 5.75 Å². The summed E-state index contributed by atoms with van der Waals surface area (Å²) in [4.78, 5) is 0. The zero-order valence-electron chi connectivity index (χ0n) is 9.52. The molecule has 0 aliphatic heterocycles. The van der Waals surface area contributed by atoms with Crippen LogP contribution in [0.4, 0.5) is 13.2 Å². The normalized spacial score (nSPS) is 17.1. The minimum Gasteiger partial charge on any atom is -0.490 e. The summed E-state index contributed by atoms with van der Waals surface area (Å²) < 4.78 is 44.2. The summed E-state index contributed by atoms with van der Waals surface area (Å²) in [5.41, 5.74) is 0. The molecule has 0 N–H and O–H groups in total. The Labute approximate surface area is 98.6 Å². The van der Waals surface area contributed by atoms with E-state index in [4.69, 9.17) is 4.74 Å². The van der Waals surface area contributed by atoms with Crippen LogP contribution in [0.2, 0.25) is 0 Å². The Morgan fingerprint density at radius 1 is 1.06 bits per heavy atom. The Kier molecular flexibility index (Phi) is 3.92. The van der Waals surface area contributed by atoms with E-state index in [1.54, 1.807) is 0 Å². The molecule has 4 heteroatoms. The maximum atomic E-state index is 13.3. The van der Waals surface area contributed by atoms with Gasteiger partial charge in [0.15, 0.2) is 11.6 Å². The van der Waals surface area contributed by atoms with Crippen LogP contribution in [0.1, 0.15) is 32.1 Å². The zero-order valence-corrected chi connectivity index (χ0v) is 9.52. The van der Waals surface area contributed by atoms with Crippen LogP contribution in [0.5, 0.6) is 5.75 Å². The van der Waals surface area contributed by atoms with Crippen LogP contribution in [0.25, 0.3) is 0 Å². The standard InChI is InChI=1S/C13H15F3O/c14-10-6-11(15)13(16)12(7-10)17-8-9-4-2-1-3-5-9/h6-7,9H,1-5,8H2. The minimum absolute atomic E-state index is 0.326. The molecule has 1 saturated carbocycles.